The van der Waals surface area contributed by atoms with Crippen molar-refractivity contribution in [1.82, 2.24) is 10.2 Å². The molecule has 0 spiro atoms. The van der Waals surface area contributed by atoms with E-state index < -0.39 is 10.0 Å². The molecule has 124 valence electrons. The molecule has 8 nitrogen and oxygen atoms in total. The standard InChI is InChI=1S/C13H16N4O4S2/c1-8(2)11(18)14-12-15-16-13(22-12)23(19,20)17-9-6-4-5-7-10(9)21-3/h4-8,17H,1-3H3,(H,14,15,18). The van der Waals surface area contributed by atoms with Gasteiger partial charge in [-0.15, -0.1) is 10.2 Å². The summed E-state index contributed by atoms with van der Waals surface area (Å²) in [5, 5.41) is 9.93. The molecule has 0 aliphatic carbocycles. The smallest absolute Gasteiger partial charge is 0.291 e. The van der Waals surface area contributed by atoms with Gasteiger partial charge in [-0.2, -0.15) is 8.42 Å². The monoisotopic (exact) mass is 356 g/mol. The first kappa shape index (κ1) is 17.2. The minimum absolute atomic E-state index is 0.129. The number of sulfonamides is 1. The minimum atomic E-state index is -3.92. The summed E-state index contributed by atoms with van der Waals surface area (Å²) in [6.07, 6.45) is 0. The molecule has 0 radical (unpaired) electrons. The van der Waals surface area contributed by atoms with Crippen LogP contribution in [0.15, 0.2) is 28.6 Å². The quantitative estimate of drug-likeness (QED) is 0.765. The third-order valence-electron chi connectivity index (χ3n) is 2.74. The number of para-hydroxylation sites is 2. The maximum atomic E-state index is 12.3. The molecule has 0 aliphatic heterocycles. The Morgan fingerprint density at radius 3 is 2.61 bits per heavy atom. The van der Waals surface area contributed by atoms with Crippen LogP contribution >= 0.6 is 11.3 Å². The van der Waals surface area contributed by atoms with Gasteiger partial charge in [-0.05, 0) is 12.1 Å². The third-order valence-corrected chi connectivity index (χ3v) is 5.31. The van der Waals surface area contributed by atoms with Gasteiger partial charge < -0.3 is 10.1 Å². The Balaban J connectivity index is 2.20. The second kappa shape index (κ2) is 6.92. The van der Waals surface area contributed by atoms with Crippen molar-refractivity contribution in [2.75, 3.05) is 17.1 Å². The van der Waals surface area contributed by atoms with E-state index in [1.54, 1.807) is 38.1 Å². The van der Waals surface area contributed by atoms with Crippen molar-refractivity contribution in [2.24, 2.45) is 5.92 Å². The van der Waals surface area contributed by atoms with Gasteiger partial charge in [0, 0.05) is 5.92 Å². The summed E-state index contributed by atoms with van der Waals surface area (Å²) in [5.41, 5.74) is 0.290. The Morgan fingerprint density at radius 2 is 1.96 bits per heavy atom. The number of methoxy groups -OCH3 is 1. The molecule has 1 aromatic carbocycles. The molecule has 0 unspecified atom stereocenters. The summed E-state index contributed by atoms with van der Waals surface area (Å²) in [5.74, 6) is -0.123. The van der Waals surface area contributed by atoms with Gasteiger partial charge in [0.25, 0.3) is 14.4 Å². The van der Waals surface area contributed by atoms with E-state index in [4.69, 9.17) is 4.74 Å². The number of nitrogens with one attached hydrogen (secondary N) is 2. The van der Waals surface area contributed by atoms with Crippen LogP contribution in [0.25, 0.3) is 0 Å². The Hall–Kier alpha value is -2.20. The Morgan fingerprint density at radius 1 is 1.26 bits per heavy atom. The summed E-state index contributed by atoms with van der Waals surface area (Å²) >= 11 is 0.773. The van der Waals surface area contributed by atoms with E-state index in [-0.39, 0.29) is 27.0 Å². The summed E-state index contributed by atoms with van der Waals surface area (Å²) in [6.45, 7) is 3.44. The van der Waals surface area contributed by atoms with E-state index in [9.17, 15) is 13.2 Å². The number of benzene rings is 1. The largest absolute Gasteiger partial charge is 0.495 e. The molecule has 2 aromatic rings. The second-order valence-electron chi connectivity index (χ2n) is 4.82. The van der Waals surface area contributed by atoms with Crippen molar-refractivity contribution in [1.29, 1.82) is 0 Å². The van der Waals surface area contributed by atoms with Crippen LogP contribution in [-0.4, -0.2) is 31.6 Å². The van der Waals surface area contributed by atoms with Crippen LogP contribution in [0.2, 0.25) is 0 Å². The molecule has 0 saturated heterocycles. The average Bonchev–Trinajstić information content (AvgIpc) is 2.96. The van der Waals surface area contributed by atoms with Crippen LogP contribution in [0.1, 0.15) is 13.8 Å². The van der Waals surface area contributed by atoms with Crippen molar-refractivity contribution in [3.63, 3.8) is 0 Å². The van der Waals surface area contributed by atoms with Gasteiger partial charge in [0.15, 0.2) is 0 Å². The fourth-order valence-corrected chi connectivity index (χ4v) is 3.51. The highest BCUT2D eigenvalue weighted by molar-refractivity contribution is 7.94. The first-order valence-electron chi connectivity index (χ1n) is 6.63. The molecular formula is C13H16N4O4S2. The van der Waals surface area contributed by atoms with Crippen molar-refractivity contribution >= 4 is 38.1 Å². The normalized spacial score (nSPS) is 11.3. The van der Waals surface area contributed by atoms with E-state index in [2.05, 4.69) is 20.2 Å². The summed E-state index contributed by atoms with van der Waals surface area (Å²) in [6, 6.07) is 6.60. The highest BCUT2D eigenvalue weighted by Gasteiger charge is 2.22. The van der Waals surface area contributed by atoms with Gasteiger partial charge in [-0.25, -0.2) is 0 Å². The molecular weight excluding hydrogens is 340 g/mol. The van der Waals surface area contributed by atoms with E-state index in [1.165, 1.54) is 7.11 Å². The Kier molecular flexibility index (Phi) is 5.16. The molecule has 23 heavy (non-hydrogen) atoms. The van der Waals surface area contributed by atoms with Crippen molar-refractivity contribution in [2.45, 2.75) is 18.2 Å². The molecule has 1 heterocycles. The maximum Gasteiger partial charge on any atom is 0.291 e. The number of anilines is 2. The minimum Gasteiger partial charge on any atom is -0.495 e. The highest BCUT2D eigenvalue weighted by Crippen LogP contribution is 2.28. The molecule has 2 N–H and O–H groups in total. The van der Waals surface area contributed by atoms with Crippen LogP contribution in [-0.2, 0) is 14.8 Å². The van der Waals surface area contributed by atoms with Crippen LogP contribution in [0, 0.1) is 5.92 Å². The zero-order chi connectivity index (χ0) is 17.0. The van der Waals surface area contributed by atoms with Gasteiger partial charge in [0.2, 0.25) is 11.0 Å². The van der Waals surface area contributed by atoms with Gasteiger partial charge in [-0.3, -0.25) is 9.52 Å². The number of aromatic nitrogens is 2. The molecule has 0 saturated carbocycles. The first-order valence-corrected chi connectivity index (χ1v) is 8.93. The highest BCUT2D eigenvalue weighted by atomic mass is 32.2. The molecule has 1 aromatic heterocycles. The average molecular weight is 356 g/mol. The molecule has 10 heteroatoms. The van der Waals surface area contributed by atoms with E-state index in [0.717, 1.165) is 11.3 Å². The summed E-state index contributed by atoms with van der Waals surface area (Å²) < 4.78 is 31.9. The van der Waals surface area contributed by atoms with Crippen molar-refractivity contribution in [3.05, 3.63) is 24.3 Å². The third kappa shape index (κ3) is 4.17. The lowest BCUT2D eigenvalue weighted by Crippen LogP contribution is -2.17. The summed E-state index contributed by atoms with van der Waals surface area (Å²) in [7, 11) is -2.48. The zero-order valence-electron chi connectivity index (χ0n) is 12.7. The lowest BCUT2D eigenvalue weighted by atomic mass is 10.2. The first-order chi connectivity index (χ1) is 10.8. The van der Waals surface area contributed by atoms with Crippen LogP contribution in [0.5, 0.6) is 5.75 Å². The fourth-order valence-electron chi connectivity index (χ4n) is 1.54. The van der Waals surface area contributed by atoms with E-state index >= 15 is 0 Å². The van der Waals surface area contributed by atoms with Crippen molar-refractivity contribution < 1.29 is 17.9 Å². The lowest BCUT2D eigenvalue weighted by molar-refractivity contribution is -0.118. The number of rotatable bonds is 6. The second-order valence-corrected chi connectivity index (χ2v) is 7.66. The topological polar surface area (TPSA) is 110 Å². The van der Waals surface area contributed by atoms with Gasteiger partial charge in [0.1, 0.15) is 5.75 Å². The molecule has 0 bridgehead atoms. The number of carbonyl (C=O) groups is 1. The molecule has 2 rings (SSSR count). The number of carbonyl (C=O) groups excluding carboxylic acids is 1. The zero-order valence-corrected chi connectivity index (χ0v) is 14.4. The molecule has 0 fully saturated rings. The van der Waals surface area contributed by atoms with Gasteiger partial charge >= 0.3 is 0 Å². The fraction of sp³-hybridized carbons (Fsp3) is 0.308. The van der Waals surface area contributed by atoms with Crippen LogP contribution in [0.4, 0.5) is 10.8 Å². The molecule has 0 aliphatic rings. The predicted molar refractivity (Wildman–Crippen MR) is 87.2 cm³/mol. The lowest BCUT2D eigenvalue weighted by Gasteiger charge is -2.09. The van der Waals surface area contributed by atoms with Crippen LogP contribution in [0.3, 0.4) is 0 Å². The SMILES string of the molecule is COc1ccccc1NS(=O)(=O)c1nnc(NC(=O)C(C)C)s1. The van der Waals surface area contributed by atoms with Gasteiger partial charge in [-0.1, -0.05) is 37.3 Å². The Labute approximate surface area is 137 Å². The molecule has 0 atom stereocenters. The maximum absolute atomic E-state index is 12.3. The van der Waals surface area contributed by atoms with Gasteiger partial charge in [0.05, 0.1) is 12.8 Å². The molecule has 1 amide bonds. The van der Waals surface area contributed by atoms with Crippen molar-refractivity contribution in [3.8, 4) is 5.75 Å². The van der Waals surface area contributed by atoms with E-state index in [0.29, 0.717) is 5.75 Å². The predicted octanol–water partition coefficient (Wildman–Crippen LogP) is 1.94. The van der Waals surface area contributed by atoms with E-state index in [1.807, 2.05) is 0 Å². The summed E-state index contributed by atoms with van der Waals surface area (Å²) in [4.78, 5) is 11.6. The number of amides is 1. The number of hydrogen-bond donors (Lipinski definition) is 2. The number of ether oxygens (including phenoxy) is 1. The van der Waals surface area contributed by atoms with Crippen LogP contribution < -0.4 is 14.8 Å². The Bertz CT molecular complexity index is 802. The number of nitrogens with zero attached hydrogens (tertiary/aromatic N) is 2. The number of hydrogen-bond acceptors (Lipinski definition) is 7.